The Labute approximate surface area is 123 Å². The Morgan fingerprint density at radius 2 is 2.20 bits per heavy atom. The summed E-state index contributed by atoms with van der Waals surface area (Å²) in [6.07, 6.45) is 4.82. The van der Waals surface area contributed by atoms with E-state index in [1.807, 2.05) is 6.07 Å². The van der Waals surface area contributed by atoms with Crippen LogP contribution in [-0.4, -0.2) is 16.5 Å². The lowest BCUT2D eigenvalue weighted by molar-refractivity contribution is 0.515. The van der Waals surface area contributed by atoms with Gasteiger partial charge in [0, 0.05) is 11.2 Å². The van der Waals surface area contributed by atoms with Gasteiger partial charge in [-0.15, -0.1) is 0 Å². The molecule has 0 aliphatic rings. The molecule has 1 heterocycles. The Balaban J connectivity index is 2.21. The van der Waals surface area contributed by atoms with Crippen molar-refractivity contribution in [3.05, 3.63) is 58.9 Å². The quantitative estimate of drug-likeness (QED) is 0.885. The van der Waals surface area contributed by atoms with Gasteiger partial charge < -0.3 is 5.32 Å². The minimum atomic E-state index is -0.277. The standard InChI is InChI=1S/C15H17ClFN3/c1-2-6-19-15(14-5-7-18-10-20-14)9-11-8-12(17)3-4-13(11)16/h3-5,7-8,10,15,19H,2,6,9H2,1H3. The molecule has 3 nitrogen and oxygen atoms in total. The van der Waals surface area contributed by atoms with Gasteiger partial charge in [-0.1, -0.05) is 18.5 Å². The van der Waals surface area contributed by atoms with Crippen LogP contribution in [0.25, 0.3) is 0 Å². The molecular formula is C15H17ClFN3. The molecule has 0 fully saturated rings. The van der Waals surface area contributed by atoms with Gasteiger partial charge in [-0.3, -0.25) is 0 Å². The van der Waals surface area contributed by atoms with Crippen molar-refractivity contribution in [1.29, 1.82) is 0 Å². The largest absolute Gasteiger partial charge is 0.308 e. The van der Waals surface area contributed by atoms with E-state index in [-0.39, 0.29) is 11.9 Å². The average molecular weight is 294 g/mol. The summed E-state index contributed by atoms with van der Waals surface area (Å²) < 4.78 is 13.3. The van der Waals surface area contributed by atoms with Gasteiger partial charge in [0.15, 0.2) is 0 Å². The predicted molar refractivity (Wildman–Crippen MR) is 78.2 cm³/mol. The van der Waals surface area contributed by atoms with Crippen molar-refractivity contribution >= 4 is 11.6 Å². The number of hydrogen-bond acceptors (Lipinski definition) is 3. The monoisotopic (exact) mass is 293 g/mol. The van der Waals surface area contributed by atoms with E-state index in [0.717, 1.165) is 24.2 Å². The van der Waals surface area contributed by atoms with Gasteiger partial charge in [0.05, 0.1) is 11.7 Å². The van der Waals surface area contributed by atoms with Crippen molar-refractivity contribution in [2.24, 2.45) is 0 Å². The number of halogens is 2. The molecule has 2 aromatic rings. The third-order valence-electron chi connectivity index (χ3n) is 3.03. The molecule has 0 radical (unpaired) electrons. The van der Waals surface area contributed by atoms with Gasteiger partial charge in [-0.2, -0.15) is 0 Å². The molecule has 0 saturated carbocycles. The Morgan fingerprint density at radius 3 is 2.90 bits per heavy atom. The molecule has 0 bridgehead atoms. The van der Waals surface area contributed by atoms with Gasteiger partial charge >= 0.3 is 0 Å². The van der Waals surface area contributed by atoms with E-state index in [0.29, 0.717) is 11.4 Å². The van der Waals surface area contributed by atoms with Crippen LogP contribution in [0.2, 0.25) is 5.02 Å². The molecule has 5 heteroatoms. The number of benzene rings is 1. The molecule has 1 aromatic carbocycles. The molecule has 1 aromatic heterocycles. The fraction of sp³-hybridized carbons (Fsp3) is 0.333. The summed E-state index contributed by atoms with van der Waals surface area (Å²) in [6, 6.07) is 6.29. The topological polar surface area (TPSA) is 37.8 Å². The molecule has 1 N–H and O–H groups in total. The second-order valence-electron chi connectivity index (χ2n) is 4.58. The van der Waals surface area contributed by atoms with E-state index in [2.05, 4.69) is 22.2 Å². The van der Waals surface area contributed by atoms with Crippen molar-refractivity contribution in [2.45, 2.75) is 25.8 Å². The summed E-state index contributed by atoms with van der Waals surface area (Å²) in [5.41, 5.74) is 1.66. The third kappa shape index (κ3) is 3.99. The highest BCUT2D eigenvalue weighted by Crippen LogP contribution is 2.23. The number of rotatable bonds is 6. The highest BCUT2D eigenvalue weighted by atomic mass is 35.5. The van der Waals surface area contributed by atoms with Crippen molar-refractivity contribution < 1.29 is 4.39 Å². The van der Waals surface area contributed by atoms with Crippen LogP contribution in [-0.2, 0) is 6.42 Å². The Kier molecular flexibility index (Phi) is 5.44. The normalized spacial score (nSPS) is 12.3. The maximum atomic E-state index is 13.3. The first kappa shape index (κ1) is 14.9. The van der Waals surface area contributed by atoms with E-state index in [4.69, 9.17) is 11.6 Å². The number of nitrogens with zero attached hydrogens (tertiary/aromatic N) is 2. The van der Waals surface area contributed by atoms with Crippen LogP contribution in [0.5, 0.6) is 0 Å². The molecule has 2 rings (SSSR count). The molecule has 0 aliphatic carbocycles. The fourth-order valence-electron chi connectivity index (χ4n) is 2.03. The number of hydrogen-bond donors (Lipinski definition) is 1. The molecular weight excluding hydrogens is 277 g/mol. The minimum Gasteiger partial charge on any atom is -0.308 e. The molecule has 1 unspecified atom stereocenters. The lowest BCUT2D eigenvalue weighted by atomic mass is 10.0. The summed E-state index contributed by atoms with van der Waals surface area (Å²) in [5, 5.41) is 3.98. The average Bonchev–Trinajstić information content (AvgIpc) is 2.48. The zero-order chi connectivity index (χ0) is 14.4. The van der Waals surface area contributed by atoms with E-state index in [9.17, 15) is 4.39 Å². The van der Waals surface area contributed by atoms with Gasteiger partial charge in [0.2, 0.25) is 0 Å². The maximum Gasteiger partial charge on any atom is 0.123 e. The van der Waals surface area contributed by atoms with E-state index < -0.39 is 0 Å². The molecule has 20 heavy (non-hydrogen) atoms. The Bertz CT molecular complexity index is 548. The minimum absolute atomic E-state index is 0.00255. The van der Waals surface area contributed by atoms with Crippen molar-refractivity contribution in [2.75, 3.05) is 6.54 Å². The highest BCUT2D eigenvalue weighted by Gasteiger charge is 2.15. The van der Waals surface area contributed by atoms with Crippen molar-refractivity contribution in [3.63, 3.8) is 0 Å². The van der Waals surface area contributed by atoms with Crippen LogP contribution < -0.4 is 5.32 Å². The van der Waals surface area contributed by atoms with E-state index >= 15 is 0 Å². The first-order valence-corrected chi connectivity index (χ1v) is 7.01. The maximum absolute atomic E-state index is 13.3. The van der Waals surface area contributed by atoms with Gasteiger partial charge in [0.25, 0.3) is 0 Å². The SMILES string of the molecule is CCCNC(Cc1cc(F)ccc1Cl)c1ccncn1. The molecule has 0 amide bonds. The van der Waals surface area contributed by atoms with Crippen molar-refractivity contribution in [3.8, 4) is 0 Å². The smallest absolute Gasteiger partial charge is 0.123 e. The van der Waals surface area contributed by atoms with Crippen LogP contribution in [0.3, 0.4) is 0 Å². The number of aromatic nitrogens is 2. The molecule has 0 saturated heterocycles. The van der Waals surface area contributed by atoms with Crippen LogP contribution in [0.4, 0.5) is 4.39 Å². The predicted octanol–water partition coefficient (Wildman–Crippen LogP) is 3.55. The summed E-state index contributed by atoms with van der Waals surface area (Å²) in [5.74, 6) is -0.277. The van der Waals surface area contributed by atoms with Gasteiger partial charge in [0.1, 0.15) is 12.1 Å². The highest BCUT2D eigenvalue weighted by molar-refractivity contribution is 6.31. The Morgan fingerprint density at radius 1 is 1.35 bits per heavy atom. The van der Waals surface area contributed by atoms with Crippen molar-refractivity contribution in [1.82, 2.24) is 15.3 Å². The van der Waals surface area contributed by atoms with Crippen LogP contribution >= 0.6 is 11.6 Å². The van der Waals surface area contributed by atoms with Crippen LogP contribution in [0.1, 0.15) is 30.6 Å². The first-order chi connectivity index (χ1) is 9.70. The summed E-state index contributed by atoms with van der Waals surface area (Å²) in [6.45, 7) is 2.96. The fourth-order valence-corrected chi connectivity index (χ4v) is 2.22. The first-order valence-electron chi connectivity index (χ1n) is 6.64. The Hall–Kier alpha value is -1.52. The third-order valence-corrected chi connectivity index (χ3v) is 3.40. The van der Waals surface area contributed by atoms with Crippen LogP contribution in [0, 0.1) is 5.82 Å². The lowest BCUT2D eigenvalue weighted by Crippen LogP contribution is -2.25. The molecule has 0 aliphatic heterocycles. The summed E-state index contributed by atoms with van der Waals surface area (Å²) >= 11 is 6.13. The van der Waals surface area contributed by atoms with Crippen LogP contribution in [0.15, 0.2) is 36.8 Å². The zero-order valence-electron chi connectivity index (χ0n) is 11.3. The zero-order valence-corrected chi connectivity index (χ0v) is 12.1. The van der Waals surface area contributed by atoms with E-state index in [1.165, 1.54) is 18.5 Å². The molecule has 1 atom stereocenters. The van der Waals surface area contributed by atoms with Gasteiger partial charge in [-0.25, -0.2) is 14.4 Å². The lowest BCUT2D eigenvalue weighted by Gasteiger charge is -2.18. The molecule has 106 valence electrons. The second-order valence-corrected chi connectivity index (χ2v) is 4.99. The second kappa shape index (κ2) is 7.31. The molecule has 0 spiro atoms. The summed E-state index contributed by atoms with van der Waals surface area (Å²) in [4.78, 5) is 8.19. The number of nitrogens with one attached hydrogen (secondary N) is 1. The summed E-state index contributed by atoms with van der Waals surface area (Å²) in [7, 11) is 0. The van der Waals surface area contributed by atoms with E-state index in [1.54, 1.807) is 12.3 Å². The van der Waals surface area contributed by atoms with Gasteiger partial charge in [-0.05, 0) is 49.2 Å².